The first-order valence-electron chi connectivity index (χ1n) is 16.2. The lowest BCUT2D eigenvalue weighted by Gasteiger charge is -2.19. The molecule has 4 aromatic carbocycles. The number of halogens is 6. The van der Waals surface area contributed by atoms with Crippen molar-refractivity contribution in [2.75, 3.05) is 22.9 Å². The Labute approximate surface area is 295 Å². The zero-order chi connectivity index (χ0) is 37.2. The fourth-order valence-corrected chi connectivity index (χ4v) is 6.11. The van der Waals surface area contributed by atoms with Crippen LogP contribution in [0.25, 0.3) is 0 Å². The van der Waals surface area contributed by atoms with Crippen LogP contribution in [0.5, 0.6) is 0 Å². The lowest BCUT2D eigenvalue weighted by molar-refractivity contribution is -0.138. The highest BCUT2D eigenvalue weighted by molar-refractivity contribution is 6.55. The van der Waals surface area contributed by atoms with E-state index in [1.54, 1.807) is 48.5 Å². The van der Waals surface area contributed by atoms with Gasteiger partial charge in [0.1, 0.15) is 11.4 Å². The standard InChI is InChI=1S/C40H28F6N4O2/c1-3-25-11-9-13-29(21-25)47-35-31-17-15-27(39(41,42)43)23-33(31)49(37(35)51)19-7-5-6-8-20-50-34-24-28(40(44,45)46)16-18-32(34)36(38(50)52)48-30-14-10-12-26(4-2)22-30/h1-2,9-18,21-24H,5-8,19-20H2. The molecule has 0 aromatic heterocycles. The summed E-state index contributed by atoms with van der Waals surface area (Å²) in [5, 5.41) is 0. The number of anilines is 2. The van der Waals surface area contributed by atoms with Crippen LogP contribution in [-0.4, -0.2) is 36.3 Å². The number of unbranched alkanes of at least 4 members (excludes halogenated alkanes) is 3. The minimum absolute atomic E-state index is 0.00850. The number of carbonyl (C=O) groups is 2. The molecular formula is C40H28F6N4O2. The van der Waals surface area contributed by atoms with E-state index in [1.165, 1.54) is 21.9 Å². The molecule has 6 nitrogen and oxygen atoms in total. The maximum Gasteiger partial charge on any atom is 0.416 e. The number of terminal acetylenes is 2. The van der Waals surface area contributed by atoms with Gasteiger partial charge in [-0.3, -0.25) is 9.59 Å². The minimum Gasteiger partial charge on any atom is -0.306 e. The molecule has 2 amide bonds. The Morgan fingerprint density at radius 3 is 1.33 bits per heavy atom. The average molecular weight is 711 g/mol. The first-order valence-corrected chi connectivity index (χ1v) is 16.2. The lowest BCUT2D eigenvalue weighted by Crippen LogP contribution is -2.31. The summed E-state index contributed by atoms with van der Waals surface area (Å²) in [5.74, 6) is 3.85. The topological polar surface area (TPSA) is 65.3 Å². The van der Waals surface area contributed by atoms with Crippen LogP contribution in [0.1, 0.15) is 59.1 Å². The number of benzene rings is 4. The van der Waals surface area contributed by atoms with Crippen LogP contribution < -0.4 is 9.80 Å². The number of carbonyl (C=O) groups excluding carboxylic acids is 2. The third-order valence-corrected chi connectivity index (χ3v) is 8.66. The van der Waals surface area contributed by atoms with Gasteiger partial charge in [-0.2, -0.15) is 26.3 Å². The molecule has 0 aliphatic carbocycles. The van der Waals surface area contributed by atoms with E-state index in [4.69, 9.17) is 12.8 Å². The second kappa shape index (κ2) is 14.2. The number of rotatable bonds is 9. The van der Waals surface area contributed by atoms with Gasteiger partial charge in [0.05, 0.1) is 33.9 Å². The molecule has 0 N–H and O–H groups in total. The highest BCUT2D eigenvalue weighted by Crippen LogP contribution is 2.39. The van der Waals surface area contributed by atoms with Crippen LogP contribution in [0.15, 0.2) is 94.9 Å². The lowest BCUT2D eigenvalue weighted by atomic mass is 10.1. The molecule has 0 atom stereocenters. The molecule has 2 aliphatic rings. The number of hydrogen-bond donors (Lipinski definition) is 0. The van der Waals surface area contributed by atoms with Gasteiger partial charge in [0, 0.05) is 35.3 Å². The molecule has 2 heterocycles. The largest absolute Gasteiger partial charge is 0.416 e. The normalized spacial score (nSPS) is 15.6. The second-order valence-electron chi connectivity index (χ2n) is 12.1. The number of fused-ring (bicyclic) bond motifs is 2. The van der Waals surface area contributed by atoms with Gasteiger partial charge in [-0.15, -0.1) is 12.8 Å². The molecule has 0 bridgehead atoms. The van der Waals surface area contributed by atoms with Crippen LogP contribution in [0.4, 0.5) is 49.1 Å². The molecule has 0 saturated heterocycles. The SMILES string of the molecule is C#Cc1cccc(N=C2C(=O)N(CCCCCCN3C(=O)C(=Nc4cccc(C#C)c4)c4ccc(C(F)(F)F)cc43)c3cc(C(F)(F)F)ccc32)c1. The fourth-order valence-electron chi connectivity index (χ4n) is 6.11. The maximum absolute atomic E-state index is 13.6. The molecule has 0 saturated carbocycles. The van der Waals surface area contributed by atoms with Crippen LogP contribution in [-0.2, 0) is 21.9 Å². The van der Waals surface area contributed by atoms with E-state index in [2.05, 4.69) is 21.8 Å². The quantitative estimate of drug-likeness (QED) is 0.0990. The van der Waals surface area contributed by atoms with Crippen LogP contribution in [0, 0.1) is 24.7 Å². The molecule has 0 fully saturated rings. The molecule has 2 aliphatic heterocycles. The van der Waals surface area contributed by atoms with Crippen molar-refractivity contribution in [2.45, 2.75) is 38.0 Å². The summed E-state index contributed by atoms with van der Waals surface area (Å²) in [6.45, 7) is 0.176. The second-order valence-corrected chi connectivity index (χ2v) is 12.1. The van der Waals surface area contributed by atoms with Gasteiger partial charge in [-0.1, -0.05) is 36.8 Å². The number of hydrogen-bond acceptors (Lipinski definition) is 4. The van der Waals surface area contributed by atoms with E-state index in [1.807, 2.05) is 0 Å². The Morgan fingerprint density at radius 2 is 0.962 bits per heavy atom. The minimum atomic E-state index is -4.63. The van der Waals surface area contributed by atoms with Crippen LogP contribution in [0.2, 0.25) is 0 Å². The molecular weight excluding hydrogens is 682 g/mol. The highest BCUT2D eigenvalue weighted by atomic mass is 19.4. The molecule has 0 unspecified atom stereocenters. The van der Waals surface area contributed by atoms with E-state index in [9.17, 15) is 35.9 Å². The summed E-state index contributed by atoms with van der Waals surface area (Å²) in [7, 11) is 0. The predicted octanol–water partition coefficient (Wildman–Crippen LogP) is 8.88. The van der Waals surface area contributed by atoms with E-state index in [0.717, 1.165) is 24.3 Å². The molecule has 52 heavy (non-hydrogen) atoms. The van der Waals surface area contributed by atoms with E-state index in [0.29, 0.717) is 48.2 Å². The summed E-state index contributed by atoms with van der Waals surface area (Å²) in [6.07, 6.45) is 3.49. The maximum atomic E-state index is 13.6. The van der Waals surface area contributed by atoms with Crippen molar-refractivity contribution in [2.24, 2.45) is 9.98 Å². The van der Waals surface area contributed by atoms with Crippen LogP contribution >= 0.6 is 0 Å². The average Bonchev–Trinajstić information content (AvgIpc) is 3.53. The van der Waals surface area contributed by atoms with Gasteiger partial charge in [0.25, 0.3) is 11.8 Å². The van der Waals surface area contributed by atoms with E-state index >= 15 is 0 Å². The van der Waals surface area contributed by atoms with Crippen molar-refractivity contribution in [1.82, 2.24) is 0 Å². The first-order chi connectivity index (χ1) is 24.8. The Hall–Kier alpha value is -6.14. The Morgan fingerprint density at radius 1 is 0.558 bits per heavy atom. The molecule has 6 rings (SSSR count). The Kier molecular flexibility index (Phi) is 9.77. The first kappa shape index (κ1) is 35.7. The van der Waals surface area contributed by atoms with Crippen molar-refractivity contribution in [3.63, 3.8) is 0 Å². The summed E-state index contributed by atoms with van der Waals surface area (Å²) < 4.78 is 81.8. The summed E-state index contributed by atoms with van der Waals surface area (Å²) >= 11 is 0. The van der Waals surface area contributed by atoms with E-state index in [-0.39, 0.29) is 47.0 Å². The summed E-state index contributed by atoms with van der Waals surface area (Å²) in [6, 6.07) is 19.3. The van der Waals surface area contributed by atoms with Gasteiger partial charge < -0.3 is 9.80 Å². The third kappa shape index (κ3) is 7.33. The zero-order valence-electron chi connectivity index (χ0n) is 27.4. The van der Waals surface area contributed by atoms with Crippen molar-refractivity contribution in [1.29, 1.82) is 0 Å². The Balaban J connectivity index is 1.16. The number of aliphatic imine (C=N–C) groups is 2. The van der Waals surface area contributed by atoms with Crippen LogP contribution in [0.3, 0.4) is 0 Å². The predicted molar refractivity (Wildman–Crippen MR) is 187 cm³/mol. The number of amides is 2. The summed E-state index contributed by atoms with van der Waals surface area (Å²) in [4.78, 5) is 38.5. The fraction of sp³-hybridized carbons (Fsp3) is 0.200. The number of alkyl halides is 6. The van der Waals surface area contributed by atoms with Gasteiger partial charge in [-0.25, -0.2) is 9.98 Å². The van der Waals surface area contributed by atoms with E-state index < -0.39 is 35.3 Å². The van der Waals surface area contributed by atoms with Crippen molar-refractivity contribution < 1.29 is 35.9 Å². The molecule has 0 radical (unpaired) electrons. The van der Waals surface area contributed by atoms with Crippen molar-refractivity contribution in [3.8, 4) is 24.7 Å². The summed E-state index contributed by atoms with van der Waals surface area (Å²) in [5.41, 5.74) is 0.668. The smallest absolute Gasteiger partial charge is 0.306 e. The van der Waals surface area contributed by atoms with Gasteiger partial charge in [0.15, 0.2) is 0 Å². The monoisotopic (exact) mass is 710 g/mol. The number of nitrogens with zero attached hydrogens (tertiary/aromatic N) is 4. The van der Waals surface area contributed by atoms with Gasteiger partial charge >= 0.3 is 12.4 Å². The molecule has 12 heteroatoms. The highest BCUT2D eigenvalue weighted by Gasteiger charge is 2.39. The van der Waals surface area contributed by atoms with Gasteiger partial charge in [0.2, 0.25) is 0 Å². The molecule has 0 spiro atoms. The molecule has 4 aromatic rings. The van der Waals surface area contributed by atoms with Crippen molar-refractivity contribution in [3.05, 3.63) is 118 Å². The van der Waals surface area contributed by atoms with Gasteiger partial charge in [-0.05, 0) is 85.6 Å². The zero-order valence-corrected chi connectivity index (χ0v) is 27.4. The van der Waals surface area contributed by atoms with Crippen molar-refractivity contribution >= 4 is 46.0 Å². The third-order valence-electron chi connectivity index (χ3n) is 8.66. The Bertz CT molecular complexity index is 2070. The molecule has 262 valence electrons.